The van der Waals surface area contributed by atoms with Crippen molar-refractivity contribution in [2.45, 2.75) is 18.9 Å². The van der Waals surface area contributed by atoms with Crippen LogP contribution < -0.4 is 19.9 Å². The summed E-state index contributed by atoms with van der Waals surface area (Å²) in [5, 5.41) is 3.88. The molecule has 1 atom stereocenters. The first-order valence-corrected chi connectivity index (χ1v) is 14.6. The minimum Gasteiger partial charge on any atom is -0.497 e. The molecular formula is C31H34ClN5O3S. The number of para-hydroxylation sites is 1. The molecule has 0 saturated carbocycles. The largest absolute Gasteiger partial charge is 0.497 e. The zero-order chi connectivity index (χ0) is 28.8. The second kappa shape index (κ2) is 13.3. The van der Waals surface area contributed by atoms with Gasteiger partial charge in [0.25, 0.3) is 5.91 Å². The summed E-state index contributed by atoms with van der Waals surface area (Å²) < 4.78 is 5.19. The molecule has 8 nitrogen and oxygen atoms in total. The zero-order valence-corrected chi connectivity index (χ0v) is 24.6. The SMILES string of the molecule is COc1ccc(NC(=O)CC2C(=O)N(c3ccc(Cl)cc3)C(=S)N2CCCN2CCN(c3ccccc3)CC2)cc1. The van der Waals surface area contributed by atoms with Crippen LogP contribution >= 0.6 is 23.8 Å². The summed E-state index contributed by atoms with van der Waals surface area (Å²) in [7, 11) is 1.59. The number of ether oxygens (including phenoxy) is 1. The second-order valence-electron chi connectivity index (χ2n) is 10.1. The van der Waals surface area contributed by atoms with Gasteiger partial charge >= 0.3 is 0 Å². The fourth-order valence-corrected chi connectivity index (χ4v) is 5.85. The van der Waals surface area contributed by atoms with Crippen LogP contribution in [0.2, 0.25) is 5.02 Å². The Kier molecular flexibility index (Phi) is 9.38. The molecule has 2 saturated heterocycles. The molecule has 2 aliphatic heterocycles. The average molecular weight is 592 g/mol. The van der Waals surface area contributed by atoms with E-state index in [2.05, 4.69) is 39.4 Å². The van der Waals surface area contributed by atoms with Crippen LogP contribution in [0.4, 0.5) is 17.1 Å². The zero-order valence-electron chi connectivity index (χ0n) is 23.0. The van der Waals surface area contributed by atoms with Crippen LogP contribution in [-0.4, -0.2) is 79.1 Å². The third kappa shape index (κ3) is 6.98. The monoisotopic (exact) mass is 591 g/mol. The van der Waals surface area contributed by atoms with Crippen molar-refractivity contribution in [1.29, 1.82) is 0 Å². The van der Waals surface area contributed by atoms with E-state index in [1.54, 1.807) is 55.6 Å². The number of nitrogens with zero attached hydrogens (tertiary/aromatic N) is 4. The highest BCUT2D eigenvalue weighted by Gasteiger charge is 2.43. The fraction of sp³-hybridized carbons (Fsp3) is 0.323. The van der Waals surface area contributed by atoms with Gasteiger partial charge in [0.05, 0.1) is 19.2 Å². The van der Waals surface area contributed by atoms with Crippen LogP contribution in [0.15, 0.2) is 78.9 Å². The highest BCUT2D eigenvalue weighted by Crippen LogP contribution is 2.29. The van der Waals surface area contributed by atoms with Gasteiger partial charge < -0.3 is 19.9 Å². The van der Waals surface area contributed by atoms with Gasteiger partial charge in [-0.15, -0.1) is 0 Å². The van der Waals surface area contributed by atoms with Crippen molar-refractivity contribution in [3.05, 3.63) is 83.9 Å². The molecule has 10 heteroatoms. The van der Waals surface area contributed by atoms with Crippen molar-refractivity contribution in [1.82, 2.24) is 9.80 Å². The van der Waals surface area contributed by atoms with Gasteiger partial charge in [0.1, 0.15) is 11.8 Å². The van der Waals surface area contributed by atoms with Gasteiger partial charge in [0.15, 0.2) is 5.11 Å². The van der Waals surface area contributed by atoms with E-state index >= 15 is 0 Å². The lowest BCUT2D eigenvalue weighted by atomic mass is 10.1. The molecule has 2 heterocycles. The topological polar surface area (TPSA) is 68.4 Å². The summed E-state index contributed by atoms with van der Waals surface area (Å²) >= 11 is 11.9. The Morgan fingerprint density at radius 2 is 1.61 bits per heavy atom. The number of hydrogen-bond acceptors (Lipinski definition) is 6. The number of methoxy groups -OCH3 is 1. The van der Waals surface area contributed by atoms with E-state index in [1.807, 2.05) is 11.0 Å². The number of carbonyl (C=O) groups is 2. The lowest BCUT2D eigenvalue weighted by Gasteiger charge is -2.36. The maximum absolute atomic E-state index is 13.7. The van der Waals surface area contributed by atoms with E-state index in [-0.39, 0.29) is 18.2 Å². The lowest BCUT2D eigenvalue weighted by Crippen LogP contribution is -2.47. The normalized spacial score (nSPS) is 17.7. The molecule has 0 aliphatic carbocycles. The van der Waals surface area contributed by atoms with Gasteiger partial charge in [0.2, 0.25) is 5.91 Å². The fourth-order valence-electron chi connectivity index (χ4n) is 5.31. The van der Waals surface area contributed by atoms with Gasteiger partial charge in [-0.3, -0.25) is 19.4 Å². The van der Waals surface area contributed by atoms with Crippen LogP contribution in [0.1, 0.15) is 12.8 Å². The van der Waals surface area contributed by atoms with E-state index in [0.29, 0.717) is 33.8 Å². The Morgan fingerprint density at radius 1 is 0.927 bits per heavy atom. The average Bonchev–Trinajstić information content (AvgIpc) is 3.22. The summed E-state index contributed by atoms with van der Waals surface area (Å²) in [6.45, 7) is 5.37. The molecule has 3 aromatic rings. The Labute approximate surface area is 251 Å². The number of benzene rings is 3. The number of hydrogen-bond donors (Lipinski definition) is 1. The number of carbonyl (C=O) groups excluding carboxylic acids is 2. The highest BCUT2D eigenvalue weighted by molar-refractivity contribution is 7.80. The summed E-state index contributed by atoms with van der Waals surface area (Å²) in [5.41, 5.74) is 2.54. The molecule has 0 bridgehead atoms. The molecule has 2 amide bonds. The van der Waals surface area contributed by atoms with E-state index < -0.39 is 6.04 Å². The number of piperazine rings is 1. The van der Waals surface area contributed by atoms with Gasteiger partial charge in [-0.1, -0.05) is 29.8 Å². The minimum atomic E-state index is -0.689. The number of anilines is 3. The predicted octanol–water partition coefficient (Wildman–Crippen LogP) is 4.89. The molecule has 41 heavy (non-hydrogen) atoms. The second-order valence-corrected chi connectivity index (χ2v) is 10.9. The summed E-state index contributed by atoms with van der Waals surface area (Å²) in [5.74, 6) is 0.237. The van der Waals surface area contributed by atoms with Crippen molar-refractivity contribution < 1.29 is 14.3 Å². The molecule has 2 fully saturated rings. The molecule has 0 aromatic heterocycles. The van der Waals surface area contributed by atoms with Gasteiger partial charge in [-0.05, 0) is 85.8 Å². The van der Waals surface area contributed by atoms with E-state index in [9.17, 15) is 9.59 Å². The van der Waals surface area contributed by atoms with Crippen molar-refractivity contribution >= 4 is 57.8 Å². The highest BCUT2D eigenvalue weighted by atomic mass is 35.5. The first kappa shape index (κ1) is 28.9. The molecule has 3 aromatic carbocycles. The van der Waals surface area contributed by atoms with Crippen LogP contribution in [0.25, 0.3) is 0 Å². The van der Waals surface area contributed by atoms with E-state index in [4.69, 9.17) is 28.6 Å². The van der Waals surface area contributed by atoms with Crippen LogP contribution in [0.3, 0.4) is 0 Å². The minimum absolute atomic E-state index is 0.00909. The molecule has 1 unspecified atom stereocenters. The smallest absolute Gasteiger partial charge is 0.256 e. The van der Waals surface area contributed by atoms with E-state index in [0.717, 1.165) is 39.1 Å². The van der Waals surface area contributed by atoms with Gasteiger partial charge in [0, 0.05) is 49.1 Å². The van der Waals surface area contributed by atoms with Crippen molar-refractivity contribution in [2.24, 2.45) is 0 Å². The Hall–Kier alpha value is -3.66. The molecular weight excluding hydrogens is 558 g/mol. The molecule has 1 N–H and O–H groups in total. The molecule has 2 aliphatic rings. The third-order valence-electron chi connectivity index (χ3n) is 7.52. The van der Waals surface area contributed by atoms with Crippen molar-refractivity contribution in [2.75, 3.05) is 61.5 Å². The number of halogens is 1. The first-order valence-electron chi connectivity index (χ1n) is 13.8. The van der Waals surface area contributed by atoms with Crippen LogP contribution in [0.5, 0.6) is 5.75 Å². The maximum Gasteiger partial charge on any atom is 0.256 e. The molecule has 214 valence electrons. The Balaban J connectivity index is 1.22. The Bertz CT molecular complexity index is 1350. The standard InChI is InChI=1S/C31H34ClN5O3S/c1-40-27-14-10-24(11-15-27)33-29(38)22-28-30(39)37(26-12-8-23(32)9-13-26)31(41)36(28)17-5-16-34-18-20-35(21-19-34)25-6-3-2-4-7-25/h2-4,6-15,28H,5,16-22H2,1H3,(H,33,38). The summed E-state index contributed by atoms with van der Waals surface area (Å²) in [6.07, 6.45) is 0.814. The lowest BCUT2D eigenvalue weighted by molar-refractivity contribution is -0.124. The maximum atomic E-state index is 13.7. The summed E-state index contributed by atoms with van der Waals surface area (Å²) in [6, 6.07) is 23.9. The quantitative estimate of drug-likeness (QED) is 0.337. The molecule has 0 spiro atoms. The van der Waals surface area contributed by atoms with Crippen LogP contribution in [-0.2, 0) is 9.59 Å². The van der Waals surface area contributed by atoms with Crippen LogP contribution in [0, 0.1) is 0 Å². The molecule has 0 radical (unpaired) electrons. The number of nitrogens with one attached hydrogen (secondary N) is 1. The van der Waals surface area contributed by atoms with E-state index in [1.165, 1.54) is 10.6 Å². The summed E-state index contributed by atoms with van der Waals surface area (Å²) in [4.78, 5) is 35.0. The molecule has 5 rings (SSSR count). The first-order chi connectivity index (χ1) is 19.9. The van der Waals surface area contributed by atoms with Gasteiger partial charge in [-0.25, -0.2) is 0 Å². The van der Waals surface area contributed by atoms with Crippen molar-refractivity contribution in [3.8, 4) is 5.75 Å². The number of amides is 2. The Morgan fingerprint density at radius 3 is 2.27 bits per heavy atom. The van der Waals surface area contributed by atoms with Gasteiger partial charge in [-0.2, -0.15) is 0 Å². The number of thiocarbonyl (C=S) groups is 1. The number of rotatable bonds is 10. The predicted molar refractivity (Wildman–Crippen MR) is 168 cm³/mol. The third-order valence-corrected chi connectivity index (χ3v) is 8.19. The van der Waals surface area contributed by atoms with Crippen molar-refractivity contribution in [3.63, 3.8) is 0 Å².